The average molecular weight is 333 g/mol. The molecule has 0 radical (unpaired) electrons. The molecule has 1 fully saturated rings. The number of carboxylic acids is 1. The third-order valence-corrected chi connectivity index (χ3v) is 4.82. The number of urea groups is 1. The monoisotopic (exact) mass is 332 g/mol. The highest BCUT2D eigenvalue weighted by molar-refractivity contribution is 9.10. The van der Waals surface area contributed by atoms with Crippen LogP contribution in [0.1, 0.15) is 17.7 Å². The van der Waals surface area contributed by atoms with Gasteiger partial charge in [-0.2, -0.15) is 0 Å². The van der Waals surface area contributed by atoms with E-state index in [2.05, 4.69) is 21.2 Å². The maximum atomic E-state index is 11.9. The quantitative estimate of drug-likeness (QED) is 0.892. The average Bonchev–Trinajstić information content (AvgIpc) is 2.94. The topological polar surface area (TPSA) is 69.6 Å². The number of likely N-dealkylation sites (tertiary alicyclic amines) is 1. The van der Waals surface area contributed by atoms with Crippen LogP contribution in [0.25, 0.3) is 0 Å². The van der Waals surface area contributed by atoms with E-state index in [-0.39, 0.29) is 6.03 Å². The molecule has 18 heavy (non-hydrogen) atoms. The maximum absolute atomic E-state index is 11.9. The van der Waals surface area contributed by atoms with E-state index in [1.165, 1.54) is 4.90 Å². The first kappa shape index (κ1) is 13.4. The van der Waals surface area contributed by atoms with Gasteiger partial charge in [-0.3, -0.25) is 0 Å². The first-order chi connectivity index (χ1) is 8.59. The van der Waals surface area contributed by atoms with Crippen molar-refractivity contribution < 1.29 is 14.7 Å². The molecule has 2 amide bonds. The largest absolute Gasteiger partial charge is 0.480 e. The number of carboxylic acid groups (broad SMARTS) is 1. The van der Waals surface area contributed by atoms with Crippen molar-refractivity contribution in [3.63, 3.8) is 0 Å². The molecule has 7 heteroatoms. The smallest absolute Gasteiger partial charge is 0.326 e. The second kappa shape index (κ2) is 5.71. The molecule has 1 aromatic rings. The number of rotatable bonds is 3. The van der Waals surface area contributed by atoms with Crippen molar-refractivity contribution in [2.24, 2.45) is 0 Å². The summed E-state index contributed by atoms with van der Waals surface area (Å²) < 4.78 is 0.962. The number of amides is 2. The SMILES string of the molecule is O=C(O)C1CCCN1C(=O)NCc1sccc1Br. The molecule has 0 aliphatic carbocycles. The number of halogens is 1. The van der Waals surface area contributed by atoms with Crippen LogP contribution < -0.4 is 5.32 Å². The van der Waals surface area contributed by atoms with E-state index in [9.17, 15) is 9.59 Å². The summed E-state index contributed by atoms with van der Waals surface area (Å²) >= 11 is 4.93. The van der Waals surface area contributed by atoms with Crippen LogP contribution in [0.3, 0.4) is 0 Å². The zero-order valence-electron chi connectivity index (χ0n) is 9.56. The van der Waals surface area contributed by atoms with Crippen LogP contribution in [0.5, 0.6) is 0 Å². The van der Waals surface area contributed by atoms with Crippen molar-refractivity contribution in [2.75, 3.05) is 6.54 Å². The van der Waals surface area contributed by atoms with E-state index >= 15 is 0 Å². The van der Waals surface area contributed by atoms with Crippen LogP contribution in [-0.4, -0.2) is 34.6 Å². The molecule has 0 aromatic carbocycles. The molecule has 2 N–H and O–H groups in total. The molecule has 5 nitrogen and oxygen atoms in total. The van der Waals surface area contributed by atoms with Gasteiger partial charge < -0.3 is 15.3 Å². The Kier molecular flexibility index (Phi) is 4.23. The Morgan fingerprint density at radius 3 is 3.00 bits per heavy atom. The Bertz CT molecular complexity index is 463. The minimum Gasteiger partial charge on any atom is -0.480 e. The molecule has 1 saturated heterocycles. The van der Waals surface area contributed by atoms with Crippen molar-refractivity contribution >= 4 is 39.3 Å². The van der Waals surface area contributed by atoms with E-state index in [4.69, 9.17) is 5.11 Å². The molecular weight excluding hydrogens is 320 g/mol. The normalized spacial score (nSPS) is 18.9. The van der Waals surface area contributed by atoms with Gasteiger partial charge in [-0.1, -0.05) is 0 Å². The molecule has 1 aromatic heterocycles. The van der Waals surface area contributed by atoms with Gasteiger partial charge in [0, 0.05) is 15.9 Å². The summed E-state index contributed by atoms with van der Waals surface area (Å²) in [6.07, 6.45) is 1.28. The molecule has 1 aliphatic heterocycles. The highest BCUT2D eigenvalue weighted by Gasteiger charge is 2.33. The molecule has 1 atom stereocenters. The number of carbonyl (C=O) groups is 2. The number of nitrogens with zero attached hydrogens (tertiary/aromatic N) is 1. The fourth-order valence-electron chi connectivity index (χ4n) is 1.98. The van der Waals surface area contributed by atoms with Crippen LogP contribution in [-0.2, 0) is 11.3 Å². The molecule has 1 unspecified atom stereocenters. The Morgan fingerprint density at radius 2 is 2.39 bits per heavy atom. The van der Waals surface area contributed by atoms with Gasteiger partial charge in [0.1, 0.15) is 6.04 Å². The number of hydrogen-bond donors (Lipinski definition) is 2. The lowest BCUT2D eigenvalue weighted by Gasteiger charge is -2.21. The number of nitrogens with one attached hydrogen (secondary N) is 1. The van der Waals surface area contributed by atoms with Crippen molar-refractivity contribution in [1.29, 1.82) is 0 Å². The molecule has 2 heterocycles. The highest BCUT2D eigenvalue weighted by Crippen LogP contribution is 2.23. The Balaban J connectivity index is 1.92. The fourth-order valence-corrected chi connectivity index (χ4v) is 3.41. The van der Waals surface area contributed by atoms with Crippen LogP contribution in [0, 0.1) is 0 Å². The first-order valence-corrected chi connectivity index (χ1v) is 7.26. The van der Waals surface area contributed by atoms with Gasteiger partial charge in [0.05, 0.1) is 6.54 Å². The molecular formula is C11H13BrN2O3S. The Labute approximate surface area is 117 Å². The van der Waals surface area contributed by atoms with Crippen LogP contribution in [0.2, 0.25) is 0 Å². The molecule has 0 spiro atoms. The van der Waals surface area contributed by atoms with Gasteiger partial charge >= 0.3 is 12.0 Å². The number of thiophene rings is 1. The van der Waals surface area contributed by atoms with Gasteiger partial charge in [-0.25, -0.2) is 9.59 Å². The van der Waals surface area contributed by atoms with Gasteiger partial charge in [0.15, 0.2) is 0 Å². The minimum atomic E-state index is -0.931. The van der Waals surface area contributed by atoms with Gasteiger partial charge in [0.25, 0.3) is 0 Å². The molecule has 0 saturated carbocycles. The minimum absolute atomic E-state index is 0.305. The molecule has 2 rings (SSSR count). The van der Waals surface area contributed by atoms with Crippen molar-refractivity contribution in [3.05, 3.63) is 20.8 Å². The van der Waals surface area contributed by atoms with E-state index in [0.717, 1.165) is 15.8 Å². The lowest BCUT2D eigenvalue weighted by Crippen LogP contribution is -2.45. The summed E-state index contributed by atoms with van der Waals surface area (Å²) in [4.78, 5) is 25.3. The maximum Gasteiger partial charge on any atom is 0.326 e. The summed E-state index contributed by atoms with van der Waals surface area (Å²) in [6, 6.07) is 0.930. The third kappa shape index (κ3) is 2.84. The van der Waals surface area contributed by atoms with Gasteiger partial charge in [-0.15, -0.1) is 11.3 Å². The van der Waals surface area contributed by atoms with Crippen LogP contribution >= 0.6 is 27.3 Å². The second-order valence-corrected chi connectivity index (χ2v) is 5.90. The molecule has 1 aliphatic rings. The van der Waals surface area contributed by atoms with Crippen molar-refractivity contribution in [1.82, 2.24) is 10.2 Å². The standard InChI is InChI=1S/C11H13BrN2O3S/c12-7-3-5-18-9(7)6-13-11(17)14-4-1-2-8(14)10(15)16/h3,5,8H,1-2,4,6H2,(H,13,17)(H,15,16). The number of aliphatic carboxylic acids is 1. The third-order valence-electron chi connectivity index (χ3n) is 2.89. The van der Waals surface area contributed by atoms with Crippen LogP contribution in [0.15, 0.2) is 15.9 Å². The summed E-state index contributed by atoms with van der Waals surface area (Å²) in [5.74, 6) is -0.931. The Hall–Kier alpha value is -1.08. The lowest BCUT2D eigenvalue weighted by atomic mass is 10.2. The Morgan fingerprint density at radius 1 is 1.61 bits per heavy atom. The summed E-state index contributed by atoms with van der Waals surface area (Å²) in [7, 11) is 0. The molecule has 0 bridgehead atoms. The van der Waals surface area contributed by atoms with E-state index < -0.39 is 12.0 Å². The van der Waals surface area contributed by atoms with Crippen LogP contribution in [0.4, 0.5) is 4.79 Å². The fraction of sp³-hybridized carbons (Fsp3) is 0.455. The first-order valence-electron chi connectivity index (χ1n) is 5.58. The predicted octanol–water partition coefficient (Wildman–Crippen LogP) is 2.27. The second-order valence-electron chi connectivity index (χ2n) is 4.04. The summed E-state index contributed by atoms with van der Waals surface area (Å²) in [5, 5.41) is 13.7. The zero-order valence-corrected chi connectivity index (χ0v) is 12.0. The van der Waals surface area contributed by atoms with Gasteiger partial charge in [-0.05, 0) is 40.2 Å². The zero-order chi connectivity index (χ0) is 13.1. The van der Waals surface area contributed by atoms with Crippen molar-refractivity contribution in [3.8, 4) is 0 Å². The van der Waals surface area contributed by atoms with Gasteiger partial charge in [0.2, 0.25) is 0 Å². The van der Waals surface area contributed by atoms with Crippen molar-refractivity contribution in [2.45, 2.75) is 25.4 Å². The van der Waals surface area contributed by atoms with E-state index in [1.54, 1.807) is 11.3 Å². The predicted molar refractivity (Wildman–Crippen MR) is 71.6 cm³/mol. The van der Waals surface area contributed by atoms with E-state index in [0.29, 0.717) is 19.5 Å². The summed E-state index contributed by atoms with van der Waals surface area (Å²) in [6.45, 7) is 0.925. The summed E-state index contributed by atoms with van der Waals surface area (Å²) in [5.41, 5.74) is 0. The molecule has 98 valence electrons. The number of hydrogen-bond acceptors (Lipinski definition) is 3. The number of carbonyl (C=O) groups excluding carboxylic acids is 1. The van der Waals surface area contributed by atoms with E-state index in [1.807, 2.05) is 11.4 Å². The lowest BCUT2D eigenvalue weighted by molar-refractivity contribution is -0.141. The highest BCUT2D eigenvalue weighted by atomic mass is 79.9.